The molecule has 1 fully saturated rings. The zero-order chi connectivity index (χ0) is 14.4. The molecule has 0 saturated carbocycles. The first-order valence-corrected chi connectivity index (χ1v) is 8.12. The summed E-state index contributed by atoms with van der Waals surface area (Å²) >= 11 is 0. The number of carbonyl (C=O) groups excluding carboxylic acids is 1. The number of ether oxygens (including phenoxy) is 2. The zero-order valence-corrected chi connectivity index (χ0v) is 13.1. The van der Waals surface area contributed by atoms with E-state index in [1.807, 2.05) is 6.92 Å². The predicted molar refractivity (Wildman–Crippen MR) is 75.6 cm³/mol. The van der Waals surface area contributed by atoms with E-state index in [4.69, 9.17) is 4.74 Å². The van der Waals surface area contributed by atoms with Crippen molar-refractivity contribution in [2.24, 2.45) is 0 Å². The molecular weight excluding hydrogens is 266 g/mol. The second-order valence-electron chi connectivity index (χ2n) is 5.22. The predicted octanol–water partition coefficient (Wildman–Crippen LogP) is 0.796. The monoisotopic (exact) mass is 291 g/mol. The van der Waals surface area contributed by atoms with E-state index < -0.39 is 10.8 Å². The highest BCUT2D eigenvalue weighted by atomic mass is 32.2. The largest absolute Gasteiger partial charge is 0.469 e. The Hall–Kier alpha value is -0.460. The lowest BCUT2D eigenvalue weighted by Gasteiger charge is -2.35. The van der Waals surface area contributed by atoms with E-state index in [0.717, 1.165) is 13.1 Å². The Labute approximate surface area is 118 Å². The molecule has 0 amide bonds. The Morgan fingerprint density at radius 3 is 2.74 bits per heavy atom. The average Bonchev–Trinajstić information content (AvgIpc) is 2.38. The molecule has 1 aliphatic heterocycles. The maximum atomic E-state index is 12.1. The molecule has 0 aromatic heterocycles. The molecule has 112 valence electrons. The van der Waals surface area contributed by atoms with Gasteiger partial charge in [0.2, 0.25) is 0 Å². The van der Waals surface area contributed by atoms with Crippen LogP contribution in [0.25, 0.3) is 0 Å². The van der Waals surface area contributed by atoms with Crippen LogP contribution < -0.4 is 0 Å². The molecule has 0 radical (unpaired) electrons. The second-order valence-corrected chi connectivity index (χ2v) is 7.12. The third-order valence-corrected chi connectivity index (χ3v) is 5.15. The molecule has 0 bridgehead atoms. The van der Waals surface area contributed by atoms with E-state index in [9.17, 15) is 9.00 Å². The standard InChI is InChI=1S/C13H25NO4S/c1-10(2)14-5-6-18-12(8-14)9-19(16)11(3)7-13(15)17-4/h10-12H,5-9H2,1-4H3. The van der Waals surface area contributed by atoms with Crippen LogP contribution in [0, 0.1) is 0 Å². The van der Waals surface area contributed by atoms with Gasteiger partial charge in [0.25, 0.3) is 0 Å². The van der Waals surface area contributed by atoms with Crippen molar-refractivity contribution in [3.05, 3.63) is 0 Å². The van der Waals surface area contributed by atoms with Crippen LogP contribution in [0.4, 0.5) is 0 Å². The van der Waals surface area contributed by atoms with E-state index in [1.54, 1.807) is 0 Å². The molecule has 0 aliphatic carbocycles. The zero-order valence-electron chi connectivity index (χ0n) is 12.3. The minimum Gasteiger partial charge on any atom is -0.469 e. The van der Waals surface area contributed by atoms with Crippen LogP contribution in [0.1, 0.15) is 27.2 Å². The number of hydrogen-bond acceptors (Lipinski definition) is 5. The van der Waals surface area contributed by atoms with Gasteiger partial charge in [0.1, 0.15) is 0 Å². The topological polar surface area (TPSA) is 55.8 Å². The van der Waals surface area contributed by atoms with Crippen LogP contribution >= 0.6 is 0 Å². The molecule has 0 spiro atoms. The normalized spacial score (nSPS) is 24.2. The highest BCUT2D eigenvalue weighted by molar-refractivity contribution is 7.85. The van der Waals surface area contributed by atoms with Gasteiger partial charge in [-0.25, -0.2) is 0 Å². The summed E-state index contributed by atoms with van der Waals surface area (Å²) in [5.74, 6) is 0.177. The number of methoxy groups -OCH3 is 1. The molecule has 1 aliphatic rings. The van der Waals surface area contributed by atoms with Gasteiger partial charge in [0.05, 0.1) is 32.0 Å². The van der Waals surface area contributed by atoms with Crippen LogP contribution in [0.5, 0.6) is 0 Å². The van der Waals surface area contributed by atoms with Gasteiger partial charge in [-0.2, -0.15) is 0 Å². The summed E-state index contributed by atoms with van der Waals surface area (Å²) in [7, 11) is 0.285. The SMILES string of the molecule is COC(=O)CC(C)S(=O)CC1CN(C(C)C)CCO1. The highest BCUT2D eigenvalue weighted by Gasteiger charge is 2.26. The van der Waals surface area contributed by atoms with Gasteiger partial charge < -0.3 is 9.47 Å². The Kier molecular flexibility index (Phi) is 6.96. The van der Waals surface area contributed by atoms with Gasteiger partial charge in [-0.05, 0) is 13.8 Å². The summed E-state index contributed by atoms with van der Waals surface area (Å²) < 4.78 is 22.4. The first kappa shape index (κ1) is 16.6. The Balaban J connectivity index is 2.41. The van der Waals surface area contributed by atoms with Gasteiger partial charge in [0.15, 0.2) is 0 Å². The van der Waals surface area contributed by atoms with Crippen molar-refractivity contribution in [1.29, 1.82) is 0 Å². The van der Waals surface area contributed by atoms with Crippen molar-refractivity contribution in [2.45, 2.75) is 44.6 Å². The highest BCUT2D eigenvalue weighted by Crippen LogP contribution is 2.12. The molecular formula is C13H25NO4S. The Bertz CT molecular complexity index is 322. The van der Waals surface area contributed by atoms with E-state index in [1.165, 1.54) is 7.11 Å². The lowest BCUT2D eigenvalue weighted by molar-refractivity contribution is -0.140. The van der Waals surface area contributed by atoms with Gasteiger partial charge in [-0.15, -0.1) is 0 Å². The van der Waals surface area contributed by atoms with Gasteiger partial charge in [-0.3, -0.25) is 13.9 Å². The lowest BCUT2D eigenvalue weighted by Crippen LogP contribution is -2.48. The molecule has 3 unspecified atom stereocenters. The molecule has 19 heavy (non-hydrogen) atoms. The van der Waals surface area contributed by atoms with Crippen molar-refractivity contribution in [3.63, 3.8) is 0 Å². The number of hydrogen-bond donors (Lipinski definition) is 0. The van der Waals surface area contributed by atoms with Crippen LogP contribution in [0.2, 0.25) is 0 Å². The maximum Gasteiger partial charge on any atom is 0.306 e. The van der Waals surface area contributed by atoms with Crippen molar-refractivity contribution in [1.82, 2.24) is 4.90 Å². The Morgan fingerprint density at radius 2 is 2.16 bits per heavy atom. The van der Waals surface area contributed by atoms with E-state index >= 15 is 0 Å². The van der Waals surface area contributed by atoms with Crippen molar-refractivity contribution >= 4 is 16.8 Å². The first-order chi connectivity index (χ1) is 8.93. The first-order valence-electron chi connectivity index (χ1n) is 6.73. The number of morpholine rings is 1. The van der Waals surface area contributed by atoms with Crippen molar-refractivity contribution in [3.8, 4) is 0 Å². The van der Waals surface area contributed by atoms with E-state index in [0.29, 0.717) is 18.4 Å². The maximum absolute atomic E-state index is 12.1. The quantitative estimate of drug-likeness (QED) is 0.677. The second kappa shape index (κ2) is 7.97. The van der Waals surface area contributed by atoms with Gasteiger partial charge >= 0.3 is 5.97 Å². The van der Waals surface area contributed by atoms with Crippen molar-refractivity contribution < 1.29 is 18.5 Å². The lowest BCUT2D eigenvalue weighted by atomic mass is 10.2. The van der Waals surface area contributed by atoms with E-state index in [-0.39, 0.29) is 23.7 Å². The van der Waals surface area contributed by atoms with Crippen LogP contribution in [0.15, 0.2) is 0 Å². The molecule has 3 atom stereocenters. The molecule has 1 saturated heterocycles. The van der Waals surface area contributed by atoms with Gasteiger partial charge in [-0.1, -0.05) is 6.92 Å². The fourth-order valence-electron chi connectivity index (χ4n) is 2.07. The molecule has 0 aromatic carbocycles. The summed E-state index contributed by atoms with van der Waals surface area (Å²) in [5, 5.41) is -0.189. The third-order valence-electron chi connectivity index (χ3n) is 3.38. The smallest absolute Gasteiger partial charge is 0.306 e. The third kappa shape index (κ3) is 5.58. The fraction of sp³-hybridized carbons (Fsp3) is 0.923. The van der Waals surface area contributed by atoms with Crippen LogP contribution in [-0.4, -0.2) is 65.0 Å². The minimum absolute atomic E-state index is 0.00270. The molecule has 6 heteroatoms. The van der Waals surface area contributed by atoms with Crippen LogP contribution in [-0.2, 0) is 25.1 Å². The summed E-state index contributed by atoms with van der Waals surface area (Å²) in [6.07, 6.45) is 0.195. The summed E-state index contributed by atoms with van der Waals surface area (Å²) in [6.45, 7) is 8.55. The number of carbonyl (C=O) groups is 1. The molecule has 1 rings (SSSR count). The molecule has 0 N–H and O–H groups in total. The molecule has 1 heterocycles. The van der Waals surface area contributed by atoms with Crippen LogP contribution in [0.3, 0.4) is 0 Å². The molecule has 5 nitrogen and oxygen atoms in total. The summed E-state index contributed by atoms with van der Waals surface area (Å²) in [6, 6.07) is 0.479. The average molecular weight is 291 g/mol. The van der Waals surface area contributed by atoms with Gasteiger partial charge in [0, 0.05) is 35.2 Å². The number of rotatable bonds is 6. The number of nitrogens with zero attached hydrogens (tertiary/aromatic N) is 1. The number of esters is 1. The fourth-order valence-corrected chi connectivity index (χ4v) is 3.29. The van der Waals surface area contributed by atoms with Crippen molar-refractivity contribution in [2.75, 3.05) is 32.6 Å². The Morgan fingerprint density at radius 1 is 1.47 bits per heavy atom. The summed E-state index contributed by atoms with van der Waals surface area (Å²) in [5.41, 5.74) is 0. The minimum atomic E-state index is -1.07. The summed E-state index contributed by atoms with van der Waals surface area (Å²) in [4.78, 5) is 13.5. The van der Waals surface area contributed by atoms with E-state index in [2.05, 4.69) is 23.5 Å². The molecule has 0 aromatic rings.